The molecule has 3 heteroatoms. The predicted octanol–water partition coefficient (Wildman–Crippen LogP) is 3.57. The number of hydrogen-bond donors (Lipinski definition) is 1. The van der Waals surface area contributed by atoms with Gasteiger partial charge in [0, 0.05) is 11.0 Å². The molecule has 1 amide bonds. The average Bonchev–Trinajstić information content (AvgIpc) is 3.07. The van der Waals surface area contributed by atoms with Crippen molar-refractivity contribution in [2.45, 2.75) is 18.9 Å². The zero-order valence-electron chi connectivity index (χ0n) is 10.5. The van der Waals surface area contributed by atoms with Crippen LogP contribution < -0.4 is 5.32 Å². The molecule has 1 aromatic heterocycles. The Hall–Kier alpha value is -1.87. The van der Waals surface area contributed by atoms with E-state index in [1.54, 1.807) is 17.4 Å². The summed E-state index contributed by atoms with van der Waals surface area (Å²) in [6, 6.07) is 12.5. The minimum atomic E-state index is -0.0184. The highest BCUT2D eigenvalue weighted by Crippen LogP contribution is 2.30. The van der Waals surface area contributed by atoms with Gasteiger partial charge in [0.2, 0.25) is 5.91 Å². The van der Waals surface area contributed by atoms with E-state index in [1.807, 2.05) is 29.7 Å². The summed E-state index contributed by atoms with van der Waals surface area (Å²) in [7, 11) is 0. The Balaban J connectivity index is 1.65. The predicted molar refractivity (Wildman–Crippen MR) is 79.0 cm³/mol. The van der Waals surface area contributed by atoms with Crippen LogP contribution in [0.25, 0.3) is 6.08 Å². The third kappa shape index (κ3) is 2.76. The summed E-state index contributed by atoms with van der Waals surface area (Å²) in [6.45, 7) is 0. The van der Waals surface area contributed by atoms with Crippen LogP contribution >= 0.6 is 11.3 Å². The second kappa shape index (κ2) is 5.41. The number of hydrogen-bond acceptors (Lipinski definition) is 2. The van der Waals surface area contributed by atoms with E-state index in [0.29, 0.717) is 0 Å². The fraction of sp³-hybridized carbons (Fsp3) is 0.188. The summed E-state index contributed by atoms with van der Waals surface area (Å²) in [5.74, 6) is -0.0184. The molecular formula is C16H15NOS. The van der Waals surface area contributed by atoms with Gasteiger partial charge < -0.3 is 5.32 Å². The van der Waals surface area contributed by atoms with Gasteiger partial charge in [0.1, 0.15) is 0 Å². The molecule has 0 fully saturated rings. The molecule has 0 aliphatic heterocycles. The van der Waals surface area contributed by atoms with Crippen LogP contribution in [0.4, 0.5) is 0 Å². The highest BCUT2D eigenvalue weighted by atomic mass is 32.1. The standard InChI is InChI=1S/C16H15NOS/c18-16(10-8-13-5-3-11-19-13)17-15-9-7-12-4-1-2-6-14(12)15/h1-6,8,10-11,15H,7,9H2,(H,17,18)/b10-8+. The zero-order chi connectivity index (χ0) is 13.1. The van der Waals surface area contributed by atoms with E-state index in [1.165, 1.54) is 11.1 Å². The molecule has 1 N–H and O–H groups in total. The molecule has 1 unspecified atom stereocenters. The molecule has 96 valence electrons. The number of carbonyl (C=O) groups excluding carboxylic acids is 1. The first-order valence-electron chi connectivity index (χ1n) is 6.43. The minimum Gasteiger partial charge on any atom is -0.346 e. The van der Waals surface area contributed by atoms with E-state index in [-0.39, 0.29) is 11.9 Å². The SMILES string of the molecule is O=C(/C=C/c1cccs1)NC1CCc2ccccc21. The van der Waals surface area contributed by atoms with Crippen LogP contribution in [0.3, 0.4) is 0 Å². The van der Waals surface area contributed by atoms with Crippen LogP contribution in [0.2, 0.25) is 0 Å². The number of aryl methyl sites for hydroxylation is 1. The Kier molecular flexibility index (Phi) is 3.47. The Morgan fingerprint density at radius 2 is 2.16 bits per heavy atom. The lowest BCUT2D eigenvalue weighted by Gasteiger charge is -2.12. The molecule has 0 saturated carbocycles. The Labute approximate surface area is 116 Å². The second-order valence-corrected chi connectivity index (χ2v) is 5.63. The molecule has 3 rings (SSSR count). The fourth-order valence-corrected chi connectivity index (χ4v) is 3.09. The molecule has 19 heavy (non-hydrogen) atoms. The molecule has 1 aromatic carbocycles. The highest BCUT2D eigenvalue weighted by molar-refractivity contribution is 7.10. The van der Waals surface area contributed by atoms with Gasteiger partial charge in [0.25, 0.3) is 0 Å². The summed E-state index contributed by atoms with van der Waals surface area (Å²) < 4.78 is 0. The number of carbonyl (C=O) groups is 1. The van der Waals surface area contributed by atoms with Crippen LogP contribution in [0.15, 0.2) is 47.9 Å². The van der Waals surface area contributed by atoms with Crippen molar-refractivity contribution in [3.8, 4) is 0 Å². The summed E-state index contributed by atoms with van der Waals surface area (Å²) >= 11 is 1.63. The summed E-state index contributed by atoms with van der Waals surface area (Å²) in [4.78, 5) is 13.0. The monoisotopic (exact) mass is 269 g/mol. The van der Waals surface area contributed by atoms with Crippen molar-refractivity contribution >= 4 is 23.3 Å². The van der Waals surface area contributed by atoms with Crippen molar-refractivity contribution < 1.29 is 4.79 Å². The number of benzene rings is 1. The maximum absolute atomic E-state index is 11.9. The quantitative estimate of drug-likeness (QED) is 0.848. The summed E-state index contributed by atoms with van der Waals surface area (Å²) in [5, 5.41) is 5.08. The number of fused-ring (bicyclic) bond motifs is 1. The highest BCUT2D eigenvalue weighted by Gasteiger charge is 2.22. The van der Waals surface area contributed by atoms with Crippen LogP contribution in [0.5, 0.6) is 0 Å². The van der Waals surface area contributed by atoms with Gasteiger partial charge >= 0.3 is 0 Å². The largest absolute Gasteiger partial charge is 0.346 e. The average molecular weight is 269 g/mol. The first kappa shape index (κ1) is 12.2. The van der Waals surface area contributed by atoms with Crippen LogP contribution in [-0.4, -0.2) is 5.91 Å². The Morgan fingerprint density at radius 1 is 1.26 bits per heavy atom. The van der Waals surface area contributed by atoms with E-state index in [2.05, 4.69) is 23.5 Å². The third-order valence-corrected chi connectivity index (χ3v) is 4.23. The fourth-order valence-electron chi connectivity index (χ4n) is 2.47. The first-order chi connectivity index (χ1) is 9.33. The molecule has 1 aliphatic carbocycles. The molecule has 1 atom stereocenters. The van der Waals surface area contributed by atoms with E-state index in [4.69, 9.17) is 0 Å². The second-order valence-electron chi connectivity index (χ2n) is 4.65. The number of thiophene rings is 1. The Morgan fingerprint density at radius 3 is 3.00 bits per heavy atom. The smallest absolute Gasteiger partial charge is 0.244 e. The lowest BCUT2D eigenvalue weighted by molar-refractivity contribution is -0.117. The van der Waals surface area contributed by atoms with Gasteiger partial charge in [-0.25, -0.2) is 0 Å². The normalized spacial score (nSPS) is 17.6. The van der Waals surface area contributed by atoms with Gasteiger partial charge in [-0.15, -0.1) is 11.3 Å². The van der Waals surface area contributed by atoms with Crippen LogP contribution in [-0.2, 0) is 11.2 Å². The molecule has 1 heterocycles. The first-order valence-corrected chi connectivity index (χ1v) is 7.31. The summed E-state index contributed by atoms with van der Waals surface area (Å²) in [6.07, 6.45) is 5.53. The lowest BCUT2D eigenvalue weighted by Crippen LogP contribution is -2.25. The lowest BCUT2D eigenvalue weighted by atomic mass is 10.1. The zero-order valence-corrected chi connectivity index (χ0v) is 11.3. The number of nitrogens with one attached hydrogen (secondary N) is 1. The van der Waals surface area contributed by atoms with E-state index in [0.717, 1.165) is 17.7 Å². The maximum atomic E-state index is 11.9. The molecule has 0 spiro atoms. The van der Waals surface area contributed by atoms with Crippen molar-refractivity contribution in [1.82, 2.24) is 5.32 Å². The Bertz CT molecular complexity index is 601. The van der Waals surface area contributed by atoms with Crippen molar-refractivity contribution in [2.75, 3.05) is 0 Å². The van der Waals surface area contributed by atoms with E-state index < -0.39 is 0 Å². The molecule has 2 nitrogen and oxygen atoms in total. The molecular weight excluding hydrogens is 254 g/mol. The molecule has 2 aromatic rings. The van der Waals surface area contributed by atoms with Gasteiger partial charge in [-0.3, -0.25) is 4.79 Å². The van der Waals surface area contributed by atoms with Crippen molar-refractivity contribution in [2.24, 2.45) is 0 Å². The van der Waals surface area contributed by atoms with Crippen molar-refractivity contribution in [1.29, 1.82) is 0 Å². The molecule has 0 bridgehead atoms. The van der Waals surface area contributed by atoms with Gasteiger partial charge in [-0.1, -0.05) is 30.3 Å². The van der Waals surface area contributed by atoms with Gasteiger partial charge in [0.05, 0.1) is 6.04 Å². The van der Waals surface area contributed by atoms with Crippen LogP contribution in [0.1, 0.15) is 28.5 Å². The van der Waals surface area contributed by atoms with Crippen molar-refractivity contribution in [3.63, 3.8) is 0 Å². The molecule has 0 saturated heterocycles. The van der Waals surface area contributed by atoms with Gasteiger partial charge in [-0.05, 0) is 41.5 Å². The maximum Gasteiger partial charge on any atom is 0.244 e. The van der Waals surface area contributed by atoms with Gasteiger partial charge in [-0.2, -0.15) is 0 Å². The van der Waals surface area contributed by atoms with Crippen LogP contribution in [0, 0.1) is 0 Å². The molecule has 1 aliphatic rings. The summed E-state index contributed by atoms with van der Waals surface area (Å²) in [5.41, 5.74) is 2.62. The number of amides is 1. The van der Waals surface area contributed by atoms with Gasteiger partial charge in [0.15, 0.2) is 0 Å². The minimum absolute atomic E-state index is 0.0184. The topological polar surface area (TPSA) is 29.1 Å². The van der Waals surface area contributed by atoms with E-state index in [9.17, 15) is 4.79 Å². The number of rotatable bonds is 3. The van der Waals surface area contributed by atoms with E-state index >= 15 is 0 Å². The van der Waals surface area contributed by atoms with Crippen molar-refractivity contribution in [3.05, 3.63) is 63.9 Å². The third-order valence-electron chi connectivity index (χ3n) is 3.39. The molecule has 0 radical (unpaired) electrons.